The molecule has 0 aliphatic rings. The van der Waals surface area contributed by atoms with Crippen LogP contribution in [0.25, 0.3) is 0 Å². The molecule has 0 aromatic rings. The zero-order valence-electron chi connectivity index (χ0n) is 5.29. The monoisotopic (exact) mass is 141 g/mol. The third-order valence-corrected chi connectivity index (χ3v) is 0.824. The van der Waals surface area contributed by atoms with Crippen LogP contribution in [0.3, 0.4) is 0 Å². The van der Waals surface area contributed by atoms with Crippen LogP contribution in [0.1, 0.15) is 0 Å². The lowest BCUT2D eigenvalue weighted by Crippen LogP contribution is -2.15. The van der Waals surface area contributed by atoms with Crippen LogP contribution in [0.5, 0.6) is 0 Å². The average molecular weight is 141 g/mol. The molecule has 0 aliphatic carbocycles. The molecule has 1 amide bonds. The van der Waals surface area contributed by atoms with E-state index in [2.05, 4.69) is 17.9 Å². The lowest BCUT2D eigenvalue weighted by Gasteiger charge is -2.00. The van der Waals surface area contributed by atoms with Gasteiger partial charge < -0.3 is 10.5 Å². The predicted molar refractivity (Wildman–Crippen MR) is 34.6 cm³/mol. The Labute approximate surface area is 58.0 Å². The molecule has 0 unspecified atom stereocenters. The smallest absolute Gasteiger partial charge is 0.298 e. The zero-order chi connectivity index (χ0) is 8.15. The van der Waals surface area contributed by atoms with Gasteiger partial charge in [0.25, 0.3) is 12.4 Å². The second-order valence-corrected chi connectivity index (χ2v) is 1.48. The van der Waals surface area contributed by atoms with Crippen molar-refractivity contribution in [3.8, 4) is 0 Å². The minimum Gasteiger partial charge on any atom is -0.429 e. The number of primary amides is 1. The van der Waals surface area contributed by atoms with Crippen LogP contribution >= 0.6 is 0 Å². The molecule has 0 radical (unpaired) electrons. The maximum absolute atomic E-state index is 10.3. The van der Waals surface area contributed by atoms with Gasteiger partial charge in [0.2, 0.25) is 0 Å². The Morgan fingerprint density at radius 1 is 1.50 bits per heavy atom. The fourth-order valence-corrected chi connectivity index (χ4v) is 0.267. The SMILES string of the molecule is C=C(OC=O)C(=C)C(N)=O. The molecular weight excluding hydrogens is 134 g/mol. The summed E-state index contributed by atoms with van der Waals surface area (Å²) in [6, 6.07) is 0. The zero-order valence-corrected chi connectivity index (χ0v) is 5.29. The molecule has 0 heterocycles. The van der Waals surface area contributed by atoms with Crippen molar-refractivity contribution < 1.29 is 14.3 Å². The Morgan fingerprint density at radius 3 is 2.30 bits per heavy atom. The van der Waals surface area contributed by atoms with Gasteiger partial charge in [0.1, 0.15) is 5.76 Å². The van der Waals surface area contributed by atoms with Crippen LogP contribution in [0.4, 0.5) is 0 Å². The number of ether oxygens (including phenoxy) is 1. The van der Waals surface area contributed by atoms with Gasteiger partial charge in [-0.25, -0.2) is 0 Å². The van der Waals surface area contributed by atoms with Crippen molar-refractivity contribution in [3.63, 3.8) is 0 Å². The standard InChI is InChI=1S/C6H7NO3/c1-4(6(7)9)5(2)10-3-8/h3H,1-2H2,(H2,7,9). The van der Waals surface area contributed by atoms with Crippen LogP contribution in [-0.2, 0) is 14.3 Å². The highest BCUT2D eigenvalue weighted by atomic mass is 16.5. The van der Waals surface area contributed by atoms with Crippen molar-refractivity contribution in [1.82, 2.24) is 0 Å². The molecule has 0 saturated heterocycles. The highest BCUT2D eigenvalue weighted by Crippen LogP contribution is 2.03. The number of rotatable bonds is 4. The molecule has 0 saturated carbocycles. The minimum absolute atomic E-state index is 0.105. The van der Waals surface area contributed by atoms with Crippen molar-refractivity contribution in [1.29, 1.82) is 0 Å². The van der Waals surface area contributed by atoms with E-state index in [4.69, 9.17) is 5.73 Å². The van der Waals surface area contributed by atoms with Crippen molar-refractivity contribution in [3.05, 3.63) is 24.5 Å². The number of nitrogens with two attached hydrogens (primary N) is 1. The van der Waals surface area contributed by atoms with Crippen molar-refractivity contribution >= 4 is 12.4 Å². The fraction of sp³-hybridized carbons (Fsp3) is 0. The van der Waals surface area contributed by atoms with E-state index in [0.29, 0.717) is 0 Å². The molecule has 0 spiro atoms. The van der Waals surface area contributed by atoms with E-state index >= 15 is 0 Å². The third kappa shape index (κ3) is 2.13. The molecule has 0 atom stereocenters. The van der Waals surface area contributed by atoms with Crippen molar-refractivity contribution in [2.24, 2.45) is 5.73 Å². The summed E-state index contributed by atoms with van der Waals surface area (Å²) in [5.74, 6) is -0.880. The maximum Gasteiger partial charge on any atom is 0.298 e. The summed E-state index contributed by atoms with van der Waals surface area (Å²) >= 11 is 0. The van der Waals surface area contributed by atoms with Crippen LogP contribution in [0.2, 0.25) is 0 Å². The second kappa shape index (κ2) is 3.45. The van der Waals surface area contributed by atoms with Gasteiger partial charge in [0.05, 0.1) is 5.57 Å². The van der Waals surface area contributed by atoms with Gasteiger partial charge in [-0.15, -0.1) is 0 Å². The molecule has 0 aliphatic heterocycles. The van der Waals surface area contributed by atoms with E-state index in [1.165, 1.54) is 0 Å². The van der Waals surface area contributed by atoms with Crippen molar-refractivity contribution in [2.75, 3.05) is 0 Å². The van der Waals surface area contributed by atoms with Gasteiger partial charge >= 0.3 is 0 Å². The minimum atomic E-state index is -0.758. The van der Waals surface area contributed by atoms with Gasteiger partial charge in [-0.05, 0) is 0 Å². The van der Waals surface area contributed by atoms with Gasteiger partial charge in [-0.1, -0.05) is 13.2 Å². The quantitative estimate of drug-likeness (QED) is 0.253. The molecule has 54 valence electrons. The molecule has 4 nitrogen and oxygen atoms in total. The Hall–Kier alpha value is -1.58. The predicted octanol–water partition coefficient (Wildman–Crippen LogP) is -0.285. The number of hydrogen-bond acceptors (Lipinski definition) is 3. The fourth-order valence-electron chi connectivity index (χ4n) is 0.267. The summed E-state index contributed by atoms with van der Waals surface area (Å²) in [4.78, 5) is 19.9. The largest absolute Gasteiger partial charge is 0.429 e. The summed E-state index contributed by atoms with van der Waals surface area (Å²) < 4.78 is 4.19. The molecule has 10 heavy (non-hydrogen) atoms. The van der Waals surface area contributed by atoms with E-state index in [-0.39, 0.29) is 17.8 Å². The first-order chi connectivity index (χ1) is 4.59. The van der Waals surface area contributed by atoms with Gasteiger partial charge in [-0.3, -0.25) is 9.59 Å². The third-order valence-electron chi connectivity index (χ3n) is 0.824. The maximum atomic E-state index is 10.3. The summed E-state index contributed by atoms with van der Waals surface area (Å²) in [6.45, 7) is 6.58. The molecule has 2 N–H and O–H groups in total. The van der Waals surface area contributed by atoms with Gasteiger partial charge in [0.15, 0.2) is 0 Å². The number of amides is 1. The molecule has 0 bridgehead atoms. The summed E-state index contributed by atoms with van der Waals surface area (Å²) in [5.41, 5.74) is 4.67. The van der Waals surface area contributed by atoms with Gasteiger partial charge in [0, 0.05) is 0 Å². The first kappa shape index (κ1) is 8.42. The summed E-state index contributed by atoms with van der Waals surface area (Å²) in [6.07, 6.45) is 0. The van der Waals surface area contributed by atoms with Crippen molar-refractivity contribution in [2.45, 2.75) is 0 Å². The number of hydrogen-bond donors (Lipinski definition) is 1. The summed E-state index contributed by atoms with van der Waals surface area (Å²) in [5, 5.41) is 0. The van der Waals surface area contributed by atoms with E-state index in [1.54, 1.807) is 0 Å². The van der Waals surface area contributed by atoms with Crippen LogP contribution < -0.4 is 5.73 Å². The average Bonchev–Trinajstić information content (AvgIpc) is 1.87. The van der Waals surface area contributed by atoms with E-state index < -0.39 is 5.91 Å². The second-order valence-electron chi connectivity index (χ2n) is 1.48. The Balaban J connectivity index is 4.08. The van der Waals surface area contributed by atoms with E-state index in [9.17, 15) is 9.59 Å². The van der Waals surface area contributed by atoms with Crippen LogP contribution in [0, 0.1) is 0 Å². The number of carbonyl (C=O) groups is 2. The van der Waals surface area contributed by atoms with Gasteiger partial charge in [-0.2, -0.15) is 0 Å². The Kier molecular flexibility index (Phi) is 2.90. The molecule has 0 aromatic heterocycles. The lowest BCUT2D eigenvalue weighted by atomic mass is 10.2. The highest BCUT2D eigenvalue weighted by Gasteiger charge is 2.05. The molecular formula is C6H7NO3. The van der Waals surface area contributed by atoms with Crippen LogP contribution in [0.15, 0.2) is 24.5 Å². The van der Waals surface area contributed by atoms with E-state index in [1.807, 2.05) is 0 Å². The lowest BCUT2D eigenvalue weighted by molar-refractivity contribution is -0.124. The Bertz CT molecular complexity index is 195. The first-order valence-electron chi connectivity index (χ1n) is 2.38. The number of carbonyl (C=O) groups excluding carboxylic acids is 2. The van der Waals surface area contributed by atoms with Crippen LogP contribution in [-0.4, -0.2) is 12.4 Å². The first-order valence-corrected chi connectivity index (χ1v) is 2.38. The summed E-state index contributed by atoms with van der Waals surface area (Å²) in [7, 11) is 0. The Morgan fingerprint density at radius 2 is 2.00 bits per heavy atom. The highest BCUT2D eigenvalue weighted by molar-refractivity contribution is 5.95. The molecule has 0 rings (SSSR count). The molecule has 4 heteroatoms. The topological polar surface area (TPSA) is 69.4 Å². The molecule has 0 aromatic carbocycles. The normalized spacial score (nSPS) is 8.00. The molecule has 0 fully saturated rings. The van der Waals surface area contributed by atoms with E-state index in [0.717, 1.165) is 0 Å².